The Kier molecular flexibility index (Phi) is 6.10. The van der Waals surface area contributed by atoms with Crippen molar-refractivity contribution in [1.29, 1.82) is 0 Å². The second-order valence-electron chi connectivity index (χ2n) is 6.52. The van der Waals surface area contributed by atoms with Gasteiger partial charge in [-0.3, -0.25) is 0 Å². The summed E-state index contributed by atoms with van der Waals surface area (Å²) in [6.45, 7) is -0.0780. The van der Waals surface area contributed by atoms with Crippen LogP contribution in [0.15, 0.2) is 48.5 Å². The Labute approximate surface area is 161 Å². The summed E-state index contributed by atoms with van der Waals surface area (Å²) in [5, 5.41) is 11.9. The first-order valence-corrected chi connectivity index (χ1v) is 8.94. The van der Waals surface area contributed by atoms with Crippen LogP contribution in [0.1, 0.15) is 22.7 Å². The number of nitrogens with zero attached hydrogens (tertiary/aromatic N) is 1. The molecule has 2 atom stereocenters. The summed E-state index contributed by atoms with van der Waals surface area (Å²) in [5.74, 6) is -0.349. The highest BCUT2D eigenvalue weighted by atomic mass is 19.1. The minimum Gasteiger partial charge on any atom is -0.442 e. The molecule has 0 spiro atoms. The largest absolute Gasteiger partial charge is 0.442 e. The van der Waals surface area contributed by atoms with Gasteiger partial charge in [0.1, 0.15) is 11.9 Å². The molecule has 2 aromatic rings. The molecule has 148 valence electrons. The van der Waals surface area contributed by atoms with Crippen LogP contribution in [0.5, 0.6) is 0 Å². The maximum Gasteiger partial charge on any atom is 0.404 e. The summed E-state index contributed by atoms with van der Waals surface area (Å²) in [4.78, 5) is 25.4. The fourth-order valence-corrected chi connectivity index (χ4v) is 3.40. The van der Waals surface area contributed by atoms with E-state index in [9.17, 15) is 19.1 Å². The lowest BCUT2D eigenvalue weighted by atomic mass is 9.88. The zero-order valence-electron chi connectivity index (χ0n) is 15.2. The van der Waals surface area contributed by atoms with Crippen LogP contribution in [0.25, 0.3) is 0 Å². The minimum atomic E-state index is -1.02. The molecule has 2 aromatic carbocycles. The van der Waals surface area contributed by atoms with E-state index in [0.29, 0.717) is 13.0 Å². The molecule has 1 heterocycles. The summed E-state index contributed by atoms with van der Waals surface area (Å²) in [6, 6.07) is 13.1. The number of hydrogen-bond acceptors (Lipinski definition) is 4. The van der Waals surface area contributed by atoms with Crippen molar-refractivity contribution in [3.05, 3.63) is 71.0 Å². The number of benzene rings is 2. The number of aliphatic hydroxyl groups excluding tert-OH is 1. The van der Waals surface area contributed by atoms with Gasteiger partial charge in [-0.15, -0.1) is 0 Å². The Morgan fingerprint density at radius 3 is 2.64 bits per heavy atom. The Morgan fingerprint density at radius 2 is 1.96 bits per heavy atom. The fraction of sp³-hybridized carbons (Fsp3) is 0.300. The molecule has 0 aliphatic carbocycles. The minimum absolute atomic E-state index is 0.0768. The number of halogens is 1. The number of rotatable bonds is 5. The molecule has 0 saturated carbocycles. The molecule has 0 radical (unpaired) electrons. The van der Waals surface area contributed by atoms with Gasteiger partial charge in [0.15, 0.2) is 0 Å². The molecule has 1 unspecified atom stereocenters. The molecule has 3 rings (SSSR count). The van der Waals surface area contributed by atoms with E-state index >= 15 is 0 Å². The van der Waals surface area contributed by atoms with Gasteiger partial charge in [-0.2, -0.15) is 0 Å². The zero-order chi connectivity index (χ0) is 20.1. The Hall–Kier alpha value is -3.13. The van der Waals surface area contributed by atoms with Crippen LogP contribution >= 0.6 is 0 Å². The fourth-order valence-electron chi connectivity index (χ4n) is 3.40. The molecule has 0 fully saturated rings. The first-order chi connectivity index (χ1) is 13.5. The van der Waals surface area contributed by atoms with Crippen LogP contribution in [-0.2, 0) is 11.2 Å². The van der Waals surface area contributed by atoms with Crippen molar-refractivity contribution in [1.82, 2.24) is 10.2 Å². The first-order valence-electron chi connectivity index (χ1n) is 8.94. The standard InChI is InChI=1S/C20H22FN3O4/c21-15-7-5-14(6-8-15)18-17-4-2-1-3-13(17)9-10-24(18)20(27)23-11-16(12-25)28-19(22)26/h1-8,16,18,25H,9-12H2,(H2,22,26)(H,23,27)/t16?,18-/m0/s1. The maximum absolute atomic E-state index is 13.4. The van der Waals surface area contributed by atoms with Gasteiger partial charge in [0.05, 0.1) is 19.2 Å². The van der Waals surface area contributed by atoms with E-state index in [4.69, 9.17) is 10.5 Å². The number of primary amides is 1. The Morgan fingerprint density at radius 1 is 1.25 bits per heavy atom. The third kappa shape index (κ3) is 4.40. The lowest BCUT2D eigenvalue weighted by molar-refractivity contribution is 0.0632. The number of hydrogen-bond donors (Lipinski definition) is 3. The number of nitrogens with two attached hydrogens (primary N) is 1. The lowest BCUT2D eigenvalue weighted by Crippen LogP contribution is -2.48. The second kappa shape index (κ2) is 8.71. The van der Waals surface area contributed by atoms with E-state index < -0.39 is 18.8 Å². The Balaban J connectivity index is 1.83. The van der Waals surface area contributed by atoms with Crippen molar-refractivity contribution in [2.45, 2.75) is 18.6 Å². The number of carbonyl (C=O) groups excluding carboxylic acids is 2. The number of carbonyl (C=O) groups is 2. The van der Waals surface area contributed by atoms with E-state index in [-0.39, 0.29) is 24.4 Å². The number of aliphatic hydroxyl groups is 1. The smallest absolute Gasteiger partial charge is 0.404 e. The normalized spacial score (nSPS) is 16.8. The molecule has 4 N–H and O–H groups in total. The molecule has 3 amide bonds. The van der Waals surface area contributed by atoms with Gasteiger partial charge >= 0.3 is 12.1 Å². The van der Waals surface area contributed by atoms with Gasteiger partial charge in [-0.25, -0.2) is 14.0 Å². The quantitative estimate of drug-likeness (QED) is 0.729. The van der Waals surface area contributed by atoms with Gasteiger partial charge in [-0.05, 0) is 35.2 Å². The van der Waals surface area contributed by atoms with Gasteiger partial charge in [0.25, 0.3) is 0 Å². The molecular formula is C20H22FN3O4. The van der Waals surface area contributed by atoms with Crippen molar-refractivity contribution in [2.24, 2.45) is 5.73 Å². The van der Waals surface area contributed by atoms with Crippen molar-refractivity contribution >= 4 is 12.1 Å². The molecule has 0 aromatic heterocycles. The summed E-state index contributed by atoms with van der Waals surface area (Å²) >= 11 is 0. The number of nitrogens with one attached hydrogen (secondary N) is 1. The van der Waals surface area contributed by atoms with Crippen LogP contribution in [0.2, 0.25) is 0 Å². The average molecular weight is 387 g/mol. The second-order valence-corrected chi connectivity index (χ2v) is 6.52. The topological polar surface area (TPSA) is 105 Å². The molecule has 1 aliphatic rings. The summed E-state index contributed by atoms with van der Waals surface area (Å²) in [5.41, 5.74) is 7.85. The highest BCUT2D eigenvalue weighted by Crippen LogP contribution is 2.35. The monoisotopic (exact) mass is 387 g/mol. The summed E-state index contributed by atoms with van der Waals surface area (Å²) < 4.78 is 18.1. The summed E-state index contributed by atoms with van der Waals surface area (Å²) in [6.07, 6.45) is -1.27. The lowest BCUT2D eigenvalue weighted by Gasteiger charge is -2.38. The van der Waals surface area contributed by atoms with E-state index in [1.807, 2.05) is 24.3 Å². The van der Waals surface area contributed by atoms with Crippen molar-refractivity contribution in [3.63, 3.8) is 0 Å². The summed E-state index contributed by atoms with van der Waals surface area (Å²) in [7, 11) is 0. The zero-order valence-corrected chi connectivity index (χ0v) is 15.2. The van der Waals surface area contributed by atoms with Crippen LogP contribution in [-0.4, -0.2) is 47.9 Å². The number of amides is 3. The van der Waals surface area contributed by atoms with E-state index in [2.05, 4.69) is 5.32 Å². The van der Waals surface area contributed by atoms with Crippen molar-refractivity contribution in [3.8, 4) is 0 Å². The third-order valence-corrected chi connectivity index (χ3v) is 4.70. The van der Waals surface area contributed by atoms with Crippen molar-refractivity contribution in [2.75, 3.05) is 19.7 Å². The van der Waals surface area contributed by atoms with Crippen LogP contribution in [0.4, 0.5) is 14.0 Å². The van der Waals surface area contributed by atoms with Crippen LogP contribution in [0.3, 0.4) is 0 Å². The SMILES string of the molecule is NC(=O)OC(CO)CNC(=O)N1CCc2ccccc2[C@@H]1c1ccc(F)cc1. The van der Waals surface area contributed by atoms with Gasteiger partial charge in [0.2, 0.25) is 0 Å². The number of ether oxygens (including phenoxy) is 1. The Bertz CT molecular complexity index is 844. The first kappa shape index (κ1) is 19.6. The van der Waals surface area contributed by atoms with Crippen molar-refractivity contribution < 1.29 is 23.8 Å². The third-order valence-electron chi connectivity index (χ3n) is 4.70. The van der Waals surface area contributed by atoms with Gasteiger partial charge in [-0.1, -0.05) is 36.4 Å². The average Bonchev–Trinajstić information content (AvgIpc) is 2.70. The number of urea groups is 1. The van der Waals surface area contributed by atoms with E-state index in [0.717, 1.165) is 16.7 Å². The maximum atomic E-state index is 13.4. The van der Waals surface area contributed by atoms with E-state index in [1.54, 1.807) is 17.0 Å². The molecule has 7 nitrogen and oxygen atoms in total. The molecule has 28 heavy (non-hydrogen) atoms. The van der Waals surface area contributed by atoms with E-state index in [1.165, 1.54) is 12.1 Å². The molecule has 0 bridgehead atoms. The predicted octanol–water partition coefficient (Wildman–Crippen LogP) is 1.94. The van der Waals surface area contributed by atoms with Gasteiger partial charge < -0.3 is 25.8 Å². The molecule has 8 heteroatoms. The predicted molar refractivity (Wildman–Crippen MR) is 100 cm³/mol. The molecule has 0 saturated heterocycles. The van der Waals surface area contributed by atoms with Crippen LogP contribution in [0, 0.1) is 5.82 Å². The van der Waals surface area contributed by atoms with Gasteiger partial charge in [0, 0.05) is 6.54 Å². The molecule has 1 aliphatic heterocycles. The molecular weight excluding hydrogens is 365 g/mol. The highest BCUT2D eigenvalue weighted by Gasteiger charge is 2.32. The van der Waals surface area contributed by atoms with Crippen LogP contribution < -0.4 is 11.1 Å². The highest BCUT2D eigenvalue weighted by molar-refractivity contribution is 5.76. The number of fused-ring (bicyclic) bond motifs is 1.